The molecule has 3 rings (SSSR count). The fraction of sp³-hybridized carbons (Fsp3) is 0.417. The maximum atomic E-state index is 10.5. The average Bonchev–Trinajstić information content (AvgIpc) is 2.90. The van der Waals surface area contributed by atoms with E-state index in [4.69, 9.17) is 16.1 Å². The number of nitrogens with zero attached hydrogens (tertiary/aromatic N) is 3. The van der Waals surface area contributed by atoms with Gasteiger partial charge in [0.05, 0.1) is 5.02 Å². The Balaban J connectivity index is 1.93. The fourth-order valence-corrected chi connectivity index (χ4v) is 2.32. The zero-order valence-electron chi connectivity index (χ0n) is 10.1. The predicted octanol–water partition coefficient (Wildman–Crippen LogP) is 1.36. The van der Waals surface area contributed by atoms with Gasteiger partial charge in [0, 0.05) is 6.20 Å². The highest BCUT2D eigenvalue weighted by Crippen LogP contribution is 2.31. The minimum atomic E-state index is -1.06. The van der Waals surface area contributed by atoms with E-state index in [1.807, 2.05) is 0 Å². The SMILES string of the molecule is OC1(c2nc(-c3ncccc3Cl)no2)CCNCC1. The minimum absolute atomic E-state index is 0.228. The van der Waals surface area contributed by atoms with E-state index in [0.29, 0.717) is 29.4 Å². The van der Waals surface area contributed by atoms with Gasteiger partial charge in [-0.3, -0.25) is 4.98 Å². The monoisotopic (exact) mass is 280 g/mol. The van der Waals surface area contributed by atoms with E-state index in [1.54, 1.807) is 18.3 Å². The van der Waals surface area contributed by atoms with Crippen molar-refractivity contribution in [2.24, 2.45) is 0 Å². The van der Waals surface area contributed by atoms with Gasteiger partial charge in [0.25, 0.3) is 5.89 Å². The Morgan fingerprint density at radius 1 is 1.37 bits per heavy atom. The van der Waals surface area contributed by atoms with Gasteiger partial charge in [0.15, 0.2) is 0 Å². The van der Waals surface area contributed by atoms with Crippen molar-refractivity contribution in [3.63, 3.8) is 0 Å². The maximum Gasteiger partial charge on any atom is 0.259 e. The van der Waals surface area contributed by atoms with E-state index in [-0.39, 0.29) is 5.89 Å². The van der Waals surface area contributed by atoms with Crippen molar-refractivity contribution in [1.29, 1.82) is 0 Å². The quantitative estimate of drug-likeness (QED) is 0.864. The Hall–Kier alpha value is -1.50. The molecule has 0 unspecified atom stereocenters. The lowest BCUT2D eigenvalue weighted by atomic mass is 9.92. The summed E-state index contributed by atoms with van der Waals surface area (Å²) in [5, 5.41) is 18.0. The third-order valence-electron chi connectivity index (χ3n) is 3.23. The normalized spacial score (nSPS) is 18.4. The topological polar surface area (TPSA) is 84.1 Å². The molecule has 100 valence electrons. The summed E-state index contributed by atoms with van der Waals surface area (Å²) < 4.78 is 5.18. The van der Waals surface area contributed by atoms with Crippen LogP contribution in [0.15, 0.2) is 22.9 Å². The summed E-state index contributed by atoms with van der Waals surface area (Å²) in [4.78, 5) is 8.35. The summed E-state index contributed by atoms with van der Waals surface area (Å²) in [5.74, 6) is 0.526. The molecule has 1 aliphatic rings. The van der Waals surface area contributed by atoms with Crippen LogP contribution >= 0.6 is 11.6 Å². The number of hydrogen-bond acceptors (Lipinski definition) is 6. The molecule has 1 aliphatic heterocycles. The van der Waals surface area contributed by atoms with Gasteiger partial charge in [0.2, 0.25) is 5.82 Å². The number of halogens is 1. The molecule has 19 heavy (non-hydrogen) atoms. The highest BCUT2D eigenvalue weighted by atomic mass is 35.5. The molecule has 0 aliphatic carbocycles. The largest absolute Gasteiger partial charge is 0.380 e. The van der Waals surface area contributed by atoms with E-state index in [1.165, 1.54) is 0 Å². The predicted molar refractivity (Wildman–Crippen MR) is 68.5 cm³/mol. The second-order valence-corrected chi connectivity index (χ2v) is 4.95. The first-order valence-corrected chi connectivity index (χ1v) is 6.45. The van der Waals surface area contributed by atoms with Crippen LogP contribution in [0.1, 0.15) is 18.7 Å². The van der Waals surface area contributed by atoms with Crippen LogP contribution in [0.3, 0.4) is 0 Å². The molecule has 2 aromatic rings. The number of rotatable bonds is 2. The van der Waals surface area contributed by atoms with Crippen LogP contribution in [0.5, 0.6) is 0 Å². The van der Waals surface area contributed by atoms with Crippen molar-refractivity contribution in [1.82, 2.24) is 20.4 Å². The van der Waals surface area contributed by atoms with E-state index in [9.17, 15) is 5.11 Å². The van der Waals surface area contributed by atoms with E-state index < -0.39 is 5.60 Å². The second kappa shape index (κ2) is 4.88. The molecule has 3 heterocycles. The van der Waals surface area contributed by atoms with Gasteiger partial charge < -0.3 is 14.9 Å². The summed E-state index contributed by atoms with van der Waals surface area (Å²) >= 11 is 6.03. The van der Waals surface area contributed by atoms with E-state index in [2.05, 4.69) is 20.4 Å². The highest BCUT2D eigenvalue weighted by Gasteiger charge is 2.37. The second-order valence-electron chi connectivity index (χ2n) is 4.54. The first kappa shape index (κ1) is 12.5. The molecule has 1 fully saturated rings. The van der Waals surface area contributed by atoms with Gasteiger partial charge in [-0.05, 0) is 38.1 Å². The van der Waals surface area contributed by atoms with Crippen molar-refractivity contribution in [2.45, 2.75) is 18.4 Å². The smallest absolute Gasteiger partial charge is 0.259 e. The summed E-state index contributed by atoms with van der Waals surface area (Å²) in [5.41, 5.74) is -0.603. The van der Waals surface area contributed by atoms with Crippen LogP contribution < -0.4 is 5.32 Å². The van der Waals surface area contributed by atoms with Gasteiger partial charge in [-0.1, -0.05) is 16.8 Å². The van der Waals surface area contributed by atoms with Crippen molar-refractivity contribution in [3.05, 3.63) is 29.2 Å². The molecule has 2 aromatic heterocycles. The Labute approximate surface area is 114 Å². The minimum Gasteiger partial charge on any atom is -0.380 e. The molecule has 0 atom stereocenters. The molecule has 7 heteroatoms. The molecule has 1 saturated heterocycles. The number of aliphatic hydroxyl groups is 1. The summed E-state index contributed by atoms with van der Waals surface area (Å²) in [6.07, 6.45) is 2.70. The van der Waals surface area contributed by atoms with Gasteiger partial charge in [-0.25, -0.2) is 0 Å². The lowest BCUT2D eigenvalue weighted by molar-refractivity contribution is -0.0228. The van der Waals surface area contributed by atoms with Crippen LogP contribution in [0.2, 0.25) is 5.02 Å². The van der Waals surface area contributed by atoms with Crippen molar-refractivity contribution in [3.8, 4) is 11.5 Å². The lowest BCUT2D eigenvalue weighted by Gasteiger charge is -2.28. The van der Waals surface area contributed by atoms with Gasteiger partial charge in [0.1, 0.15) is 11.3 Å². The Morgan fingerprint density at radius 2 is 2.16 bits per heavy atom. The van der Waals surface area contributed by atoms with Crippen molar-refractivity contribution < 1.29 is 9.63 Å². The summed E-state index contributed by atoms with van der Waals surface area (Å²) in [7, 11) is 0. The number of aromatic nitrogens is 3. The van der Waals surface area contributed by atoms with Crippen LogP contribution in [0.25, 0.3) is 11.5 Å². The first-order chi connectivity index (χ1) is 9.19. The standard InChI is InChI=1S/C12H13ClN4O2/c13-8-2-1-5-15-9(8)10-16-11(19-17-10)12(18)3-6-14-7-4-12/h1-2,5,14,18H,3-4,6-7H2. The van der Waals surface area contributed by atoms with Crippen LogP contribution in [0.4, 0.5) is 0 Å². The van der Waals surface area contributed by atoms with E-state index in [0.717, 1.165) is 13.1 Å². The average molecular weight is 281 g/mol. The molecule has 0 radical (unpaired) electrons. The summed E-state index contributed by atoms with van der Waals surface area (Å²) in [6.45, 7) is 1.44. The van der Waals surface area contributed by atoms with E-state index >= 15 is 0 Å². The van der Waals surface area contributed by atoms with Crippen molar-refractivity contribution >= 4 is 11.6 Å². The molecule has 0 amide bonds. The Kier molecular flexibility index (Phi) is 3.22. The van der Waals surface area contributed by atoms with Crippen LogP contribution in [-0.2, 0) is 5.60 Å². The number of nitrogens with one attached hydrogen (secondary N) is 1. The Bertz CT molecular complexity index is 581. The number of pyridine rings is 1. The maximum absolute atomic E-state index is 10.5. The molecule has 6 nitrogen and oxygen atoms in total. The lowest BCUT2D eigenvalue weighted by Crippen LogP contribution is -2.39. The molecule has 0 bridgehead atoms. The van der Waals surface area contributed by atoms with Crippen LogP contribution in [0, 0.1) is 0 Å². The number of hydrogen-bond donors (Lipinski definition) is 2. The number of piperidine rings is 1. The zero-order chi connectivity index (χ0) is 13.3. The molecular formula is C12H13ClN4O2. The first-order valence-electron chi connectivity index (χ1n) is 6.07. The van der Waals surface area contributed by atoms with Gasteiger partial charge in [-0.2, -0.15) is 4.98 Å². The zero-order valence-corrected chi connectivity index (χ0v) is 10.9. The highest BCUT2D eigenvalue weighted by molar-refractivity contribution is 6.32. The van der Waals surface area contributed by atoms with Gasteiger partial charge >= 0.3 is 0 Å². The Morgan fingerprint density at radius 3 is 2.89 bits per heavy atom. The summed E-state index contributed by atoms with van der Waals surface area (Å²) in [6, 6.07) is 3.44. The third-order valence-corrected chi connectivity index (χ3v) is 3.53. The molecule has 0 spiro atoms. The third kappa shape index (κ3) is 2.34. The van der Waals surface area contributed by atoms with Gasteiger partial charge in [-0.15, -0.1) is 0 Å². The molecule has 2 N–H and O–H groups in total. The van der Waals surface area contributed by atoms with Crippen molar-refractivity contribution in [2.75, 3.05) is 13.1 Å². The fourth-order valence-electron chi connectivity index (χ4n) is 2.11. The molecule has 0 aromatic carbocycles. The molecule has 0 saturated carbocycles. The molecular weight excluding hydrogens is 268 g/mol. The van der Waals surface area contributed by atoms with Crippen LogP contribution in [-0.4, -0.2) is 33.3 Å².